The zero-order valence-electron chi connectivity index (χ0n) is 11.1. The second-order valence-electron chi connectivity index (χ2n) is 4.12. The fourth-order valence-electron chi connectivity index (χ4n) is 1.60. The van der Waals surface area contributed by atoms with Crippen LogP contribution < -0.4 is 11.1 Å². The summed E-state index contributed by atoms with van der Waals surface area (Å²) >= 11 is 0. The molecule has 2 amide bonds. The number of amides is 2. The summed E-state index contributed by atoms with van der Waals surface area (Å²) in [6.45, 7) is 2.08. The SMILES string of the molecule is CNC(=O)CCN(C)C(=O)c1c(N)c(C)nn1C. The Balaban J connectivity index is 2.77. The van der Waals surface area contributed by atoms with Gasteiger partial charge < -0.3 is 16.0 Å². The van der Waals surface area contributed by atoms with Crippen molar-refractivity contribution >= 4 is 17.5 Å². The zero-order chi connectivity index (χ0) is 13.9. The van der Waals surface area contributed by atoms with Crippen LogP contribution in [0.15, 0.2) is 0 Å². The van der Waals surface area contributed by atoms with Gasteiger partial charge in [-0.2, -0.15) is 5.10 Å². The van der Waals surface area contributed by atoms with Crippen LogP contribution >= 0.6 is 0 Å². The molecule has 3 N–H and O–H groups in total. The number of aryl methyl sites for hydroxylation is 2. The first-order chi connectivity index (χ1) is 8.38. The van der Waals surface area contributed by atoms with Gasteiger partial charge in [-0.25, -0.2) is 0 Å². The van der Waals surface area contributed by atoms with Crippen molar-refractivity contribution < 1.29 is 9.59 Å². The molecule has 0 aliphatic carbocycles. The monoisotopic (exact) mass is 253 g/mol. The van der Waals surface area contributed by atoms with Crippen molar-refractivity contribution in [2.24, 2.45) is 7.05 Å². The molecule has 0 unspecified atom stereocenters. The first-order valence-electron chi connectivity index (χ1n) is 5.63. The van der Waals surface area contributed by atoms with E-state index in [1.165, 1.54) is 9.58 Å². The highest BCUT2D eigenvalue weighted by molar-refractivity contribution is 5.98. The predicted molar refractivity (Wildman–Crippen MR) is 68.0 cm³/mol. The maximum Gasteiger partial charge on any atom is 0.274 e. The number of nitrogens with one attached hydrogen (secondary N) is 1. The molecular weight excluding hydrogens is 234 g/mol. The molecule has 0 atom stereocenters. The Kier molecular flexibility index (Phi) is 4.30. The predicted octanol–water partition coefficient (Wildman–Crippen LogP) is -0.481. The van der Waals surface area contributed by atoms with Gasteiger partial charge in [-0.1, -0.05) is 0 Å². The number of nitrogens with two attached hydrogens (primary N) is 1. The van der Waals surface area contributed by atoms with Crippen LogP contribution in [0, 0.1) is 6.92 Å². The molecule has 0 saturated heterocycles. The van der Waals surface area contributed by atoms with Crippen LogP contribution in [0.5, 0.6) is 0 Å². The highest BCUT2D eigenvalue weighted by Crippen LogP contribution is 2.16. The molecule has 0 aromatic carbocycles. The minimum atomic E-state index is -0.237. The largest absolute Gasteiger partial charge is 0.395 e. The molecule has 0 bridgehead atoms. The molecule has 1 aromatic heterocycles. The van der Waals surface area contributed by atoms with Gasteiger partial charge in [0.05, 0.1) is 11.4 Å². The Hall–Kier alpha value is -2.05. The maximum absolute atomic E-state index is 12.2. The first-order valence-corrected chi connectivity index (χ1v) is 5.63. The van der Waals surface area contributed by atoms with Crippen LogP contribution in [0.3, 0.4) is 0 Å². The molecule has 0 aliphatic rings. The summed E-state index contributed by atoms with van der Waals surface area (Å²) in [4.78, 5) is 24.7. The summed E-state index contributed by atoms with van der Waals surface area (Å²) < 4.78 is 1.46. The fraction of sp³-hybridized carbons (Fsp3) is 0.545. The normalized spacial score (nSPS) is 10.2. The van der Waals surface area contributed by atoms with Gasteiger partial charge in [-0.05, 0) is 6.92 Å². The molecule has 0 spiro atoms. The van der Waals surface area contributed by atoms with Crippen LogP contribution in [-0.4, -0.2) is 47.1 Å². The second-order valence-corrected chi connectivity index (χ2v) is 4.12. The summed E-state index contributed by atoms with van der Waals surface area (Å²) in [7, 11) is 4.86. The van der Waals surface area contributed by atoms with Crippen molar-refractivity contribution in [2.75, 3.05) is 26.4 Å². The van der Waals surface area contributed by atoms with Gasteiger partial charge in [-0.15, -0.1) is 0 Å². The molecule has 7 nitrogen and oxygen atoms in total. The van der Waals surface area contributed by atoms with Crippen molar-refractivity contribution in [3.8, 4) is 0 Å². The van der Waals surface area contributed by atoms with E-state index in [-0.39, 0.29) is 18.2 Å². The Bertz CT molecular complexity index is 466. The van der Waals surface area contributed by atoms with Crippen LogP contribution in [0.4, 0.5) is 5.69 Å². The number of hydrogen-bond donors (Lipinski definition) is 2. The molecule has 0 fully saturated rings. The van der Waals surface area contributed by atoms with Gasteiger partial charge in [0.15, 0.2) is 0 Å². The van der Waals surface area contributed by atoms with Crippen molar-refractivity contribution in [3.63, 3.8) is 0 Å². The summed E-state index contributed by atoms with van der Waals surface area (Å²) in [6.07, 6.45) is 0.259. The Morgan fingerprint density at radius 1 is 1.50 bits per heavy atom. The van der Waals surface area contributed by atoms with Crippen LogP contribution in [-0.2, 0) is 11.8 Å². The van der Waals surface area contributed by atoms with E-state index in [1.807, 2.05) is 0 Å². The standard InChI is InChI=1S/C11H19N5O2/c1-7-9(12)10(16(4)14-7)11(18)15(3)6-5-8(17)13-2/h5-6,12H2,1-4H3,(H,13,17). The molecule has 0 aliphatic heterocycles. The van der Waals surface area contributed by atoms with E-state index in [9.17, 15) is 9.59 Å². The molecule has 1 rings (SSSR count). The quantitative estimate of drug-likeness (QED) is 0.758. The van der Waals surface area contributed by atoms with E-state index in [0.717, 1.165) is 0 Å². The number of hydrogen-bond acceptors (Lipinski definition) is 4. The second kappa shape index (κ2) is 5.52. The summed E-state index contributed by atoms with van der Waals surface area (Å²) in [5.41, 5.74) is 7.18. The molecule has 100 valence electrons. The number of carbonyl (C=O) groups is 2. The molecule has 0 radical (unpaired) electrons. The summed E-state index contributed by atoms with van der Waals surface area (Å²) in [6, 6.07) is 0. The van der Waals surface area contributed by atoms with Crippen molar-refractivity contribution in [2.45, 2.75) is 13.3 Å². The lowest BCUT2D eigenvalue weighted by molar-refractivity contribution is -0.120. The smallest absolute Gasteiger partial charge is 0.274 e. The van der Waals surface area contributed by atoms with Crippen LogP contribution in [0.2, 0.25) is 0 Å². The summed E-state index contributed by atoms with van der Waals surface area (Å²) in [5.74, 6) is -0.344. The van der Waals surface area contributed by atoms with E-state index in [2.05, 4.69) is 10.4 Å². The summed E-state index contributed by atoms with van der Waals surface area (Å²) in [5, 5.41) is 6.60. The van der Waals surface area contributed by atoms with Crippen molar-refractivity contribution in [1.82, 2.24) is 20.0 Å². The molecule has 18 heavy (non-hydrogen) atoms. The zero-order valence-corrected chi connectivity index (χ0v) is 11.1. The number of rotatable bonds is 4. The number of nitrogen functional groups attached to an aromatic ring is 1. The lowest BCUT2D eigenvalue weighted by atomic mass is 10.2. The highest BCUT2D eigenvalue weighted by atomic mass is 16.2. The fourth-order valence-corrected chi connectivity index (χ4v) is 1.60. The van der Waals surface area contributed by atoms with Gasteiger partial charge in [0, 0.05) is 34.1 Å². The Labute approximate surface area is 106 Å². The lowest BCUT2D eigenvalue weighted by Gasteiger charge is -2.17. The van der Waals surface area contributed by atoms with Gasteiger partial charge >= 0.3 is 0 Å². The van der Waals surface area contributed by atoms with Gasteiger partial charge in [0.1, 0.15) is 5.69 Å². The molecule has 7 heteroatoms. The number of anilines is 1. The van der Waals surface area contributed by atoms with E-state index >= 15 is 0 Å². The van der Waals surface area contributed by atoms with Gasteiger partial charge in [0.2, 0.25) is 5.91 Å². The Morgan fingerprint density at radius 2 is 2.11 bits per heavy atom. The first kappa shape index (κ1) is 14.0. The average molecular weight is 253 g/mol. The van der Waals surface area contributed by atoms with E-state index in [4.69, 9.17) is 5.73 Å². The van der Waals surface area contributed by atoms with Gasteiger partial charge in [0.25, 0.3) is 5.91 Å². The third-order valence-electron chi connectivity index (χ3n) is 2.77. The molecular formula is C11H19N5O2. The van der Waals surface area contributed by atoms with Crippen LogP contribution in [0.25, 0.3) is 0 Å². The molecule has 0 saturated carbocycles. The lowest BCUT2D eigenvalue weighted by Crippen LogP contribution is -2.32. The van der Waals surface area contributed by atoms with E-state index in [0.29, 0.717) is 23.6 Å². The maximum atomic E-state index is 12.2. The Morgan fingerprint density at radius 3 is 2.56 bits per heavy atom. The minimum absolute atomic E-state index is 0.108. The topological polar surface area (TPSA) is 93.2 Å². The average Bonchev–Trinajstić information content (AvgIpc) is 2.59. The number of nitrogens with zero attached hydrogens (tertiary/aromatic N) is 3. The van der Waals surface area contributed by atoms with E-state index in [1.54, 1.807) is 28.1 Å². The third kappa shape index (κ3) is 2.79. The van der Waals surface area contributed by atoms with E-state index < -0.39 is 0 Å². The highest BCUT2D eigenvalue weighted by Gasteiger charge is 2.21. The minimum Gasteiger partial charge on any atom is -0.395 e. The molecule has 1 aromatic rings. The van der Waals surface area contributed by atoms with Crippen molar-refractivity contribution in [1.29, 1.82) is 0 Å². The van der Waals surface area contributed by atoms with Crippen molar-refractivity contribution in [3.05, 3.63) is 11.4 Å². The third-order valence-corrected chi connectivity index (χ3v) is 2.77. The molecule has 1 heterocycles. The van der Waals surface area contributed by atoms with Gasteiger partial charge in [-0.3, -0.25) is 14.3 Å². The number of carbonyl (C=O) groups excluding carboxylic acids is 2. The van der Waals surface area contributed by atoms with Crippen LogP contribution in [0.1, 0.15) is 22.6 Å². The number of aromatic nitrogens is 2.